The number of epoxide rings is 1. The molecule has 88 valence electrons. The van der Waals surface area contributed by atoms with Crippen LogP contribution in [0.3, 0.4) is 0 Å². The van der Waals surface area contributed by atoms with E-state index in [2.05, 4.69) is 0 Å². The van der Waals surface area contributed by atoms with E-state index in [9.17, 15) is 22.7 Å². The van der Waals surface area contributed by atoms with Gasteiger partial charge in [-0.25, -0.2) is 4.39 Å². The Labute approximate surface area is 88.5 Å². The van der Waals surface area contributed by atoms with Crippen molar-refractivity contribution in [3.05, 3.63) is 29.1 Å². The van der Waals surface area contributed by atoms with Crippen molar-refractivity contribution in [2.24, 2.45) is 0 Å². The van der Waals surface area contributed by atoms with Crippen molar-refractivity contribution in [3.8, 4) is 5.75 Å². The molecular formula is C10H8F4O2. The molecule has 2 nitrogen and oxygen atoms in total. The first-order valence-electron chi connectivity index (χ1n) is 4.58. The number of aromatic hydroxyl groups is 1. The van der Waals surface area contributed by atoms with Crippen LogP contribution < -0.4 is 0 Å². The standard InChI is InChI=1S/C10H8F4O2/c11-8-2-1-7(10(12,13)14)6(9(8)15)3-5-4-16-5/h1-2,5,15H,3-4H2. The normalized spacial score (nSPS) is 19.9. The summed E-state index contributed by atoms with van der Waals surface area (Å²) in [6, 6.07) is 1.24. The number of hydrogen-bond acceptors (Lipinski definition) is 2. The van der Waals surface area contributed by atoms with Gasteiger partial charge in [-0.05, 0) is 12.1 Å². The maximum Gasteiger partial charge on any atom is 0.416 e. The Kier molecular flexibility index (Phi) is 2.53. The second-order valence-corrected chi connectivity index (χ2v) is 3.58. The van der Waals surface area contributed by atoms with E-state index in [1.54, 1.807) is 0 Å². The molecule has 1 aromatic rings. The molecule has 0 radical (unpaired) electrons. The monoisotopic (exact) mass is 236 g/mol. The summed E-state index contributed by atoms with van der Waals surface area (Å²) in [6.07, 6.45) is -5.08. The first-order chi connectivity index (χ1) is 7.39. The lowest BCUT2D eigenvalue weighted by Crippen LogP contribution is -2.11. The number of hydrogen-bond donors (Lipinski definition) is 1. The fraction of sp³-hybridized carbons (Fsp3) is 0.400. The molecule has 1 N–H and O–H groups in total. The van der Waals surface area contributed by atoms with Gasteiger partial charge >= 0.3 is 6.18 Å². The number of ether oxygens (including phenoxy) is 1. The van der Waals surface area contributed by atoms with Crippen LogP contribution in [0.25, 0.3) is 0 Å². The number of phenolic OH excluding ortho intramolecular Hbond substituents is 1. The highest BCUT2D eigenvalue weighted by Gasteiger charge is 2.37. The zero-order chi connectivity index (χ0) is 11.9. The Bertz CT molecular complexity index is 410. The predicted molar refractivity (Wildman–Crippen MR) is 46.5 cm³/mol. The minimum Gasteiger partial charge on any atom is -0.505 e. The Balaban J connectivity index is 2.46. The Morgan fingerprint density at radius 3 is 2.50 bits per heavy atom. The molecule has 1 heterocycles. The molecule has 1 unspecified atom stereocenters. The third-order valence-electron chi connectivity index (χ3n) is 2.37. The molecule has 6 heteroatoms. The predicted octanol–water partition coefficient (Wildman–Crippen LogP) is 2.49. The van der Waals surface area contributed by atoms with Gasteiger partial charge in [0.25, 0.3) is 0 Å². The molecule has 0 aliphatic carbocycles. The lowest BCUT2D eigenvalue weighted by molar-refractivity contribution is -0.138. The minimum atomic E-state index is -4.60. The van der Waals surface area contributed by atoms with Crippen molar-refractivity contribution in [2.45, 2.75) is 18.7 Å². The van der Waals surface area contributed by atoms with Crippen LogP contribution in [-0.4, -0.2) is 17.8 Å². The van der Waals surface area contributed by atoms with E-state index in [1.807, 2.05) is 0 Å². The molecule has 0 spiro atoms. The zero-order valence-corrected chi connectivity index (χ0v) is 8.01. The van der Waals surface area contributed by atoms with Gasteiger partial charge in [-0.15, -0.1) is 0 Å². The van der Waals surface area contributed by atoms with Crippen LogP contribution in [0.4, 0.5) is 17.6 Å². The number of rotatable bonds is 2. The first kappa shape index (κ1) is 11.2. The van der Waals surface area contributed by atoms with E-state index >= 15 is 0 Å². The quantitative estimate of drug-likeness (QED) is 0.632. The molecule has 1 atom stereocenters. The van der Waals surface area contributed by atoms with Crippen molar-refractivity contribution in [3.63, 3.8) is 0 Å². The summed E-state index contributed by atoms with van der Waals surface area (Å²) in [7, 11) is 0. The van der Waals surface area contributed by atoms with E-state index in [4.69, 9.17) is 4.74 Å². The SMILES string of the molecule is Oc1c(F)ccc(C(F)(F)F)c1CC1CO1. The maximum absolute atomic E-state index is 13.0. The lowest BCUT2D eigenvalue weighted by Gasteiger charge is -2.13. The summed E-state index contributed by atoms with van der Waals surface area (Å²) in [6.45, 7) is 0.341. The van der Waals surface area contributed by atoms with Crippen molar-refractivity contribution in [1.29, 1.82) is 0 Å². The number of halogens is 4. The van der Waals surface area contributed by atoms with Crippen LogP contribution in [0.2, 0.25) is 0 Å². The molecule has 1 saturated heterocycles. The average molecular weight is 236 g/mol. The van der Waals surface area contributed by atoms with Gasteiger partial charge in [0.15, 0.2) is 11.6 Å². The highest BCUT2D eigenvalue weighted by Crippen LogP contribution is 2.38. The first-order valence-corrected chi connectivity index (χ1v) is 4.58. The average Bonchev–Trinajstić information content (AvgIpc) is 2.95. The smallest absolute Gasteiger partial charge is 0.416 e. The fourth-order valence-electron chi connectivity index (χ4n) is 1.49. The van der Waals surface area contributed by atoms with E-state index in [0.717, 1.165) is 0 Å². The summed E-state index contributed by atoms with van der Waals surface area (Å²) in [5.41, 5.74) is -1.45. The summed E-state index contributed by atoms with van der Waals surface area (Å²) in [4.78, 5) is 0. The van der Waals surface area contributed by atoms with Gasteiger partial charge in [-0.1, -0.05) is 0 Å². The van der Waals surface area contributed by atoms with Crippen LogP contribution in [0, 0.1) is 5.82 Å². The molecule has 1 fully saturated rings. The molecular weight excluding hydrogens is 228 g/mol. The zero-order valence-electron chi connectivity index (χ0n) is 8.01. The van der Waals surface area contributed by atoms with Gasteiger partial charge in [0.1, 0.15) is 0 Å². The van der Waals surface area contributed by atoms with Crippen LogP contribution in [0.5, 0.6) is 5.75 Å². The van der Waals surface area contributed by atoms with Crippen LogP contribution in [-0.2, 0) is 17.3 Å². The van der Waals surface area contributed by atoms with Crippen molar-refractivity contribution < 1.29 is 27.4 Å². The van der Waals surface area contributed by atoms with Crippen LogP contribution in [0.1, 0.15) is 11.1 Å². The molecule has 16 heavy (non-hydrogen) atoms. The van der Waals surface area contributed by atoms with Gasteiger partial charge in [-0.3, -0.25) is 0 Å². The van der Waals surface area contributed by atoms with Gasteiger partial charge in [-0.2, -0.15) is 13.2 Å². The summed E-state index contributed by atoms with van der Waals surface area (Å²) in [5, 5.41) is 9.29. The third-order valence-corrected chi connectivity index (χ3v) is 2.37. The van der Waals surface area contributed by atoms with Crippen molar-refractivity contribution in [1.82, 2.24) is 0 Å². The molecule has 1 aliphatic rings. The second kappa shape index (κ2) is 3.62. The molecule has 1 aromatic carbocycles. The number of phenols is 1. The van der Waals surface area contributed by atoms with E-state index in [-0.39, 0.29) is 12.5 Å². The second-order valence-electron chi connectivity index (χ2n) is 3.58. The molecule has 0 amide bonds. The Hall–Kier alpha value is -1.30. The highest BCUT2D eigenvalue weighted by molar-refractivity contribution is 5.42. The number of benzene rings is 1. The molecule has 0 bridgehead atoms. The van der Waals surface area contributed by atoms with Gasteiger partial charge in [0, 0.05) is 12.0 Å². The largest absolute Gasteiger partial charge is 0.505 e. The van der Waals surface area contributed by atoms with Crippen LogP contribution >= 0.6 is 0 Å². The number of alkyl halides is 3. The van der Waals surface area contributed by atoms with Gasteiger partial charge < -0.3 is 9.84 Å². The molecule has 0 saturated carbocycles. The fourth-order valence-corrected chi connectivity index (χ4v) is 1.49. The van der Waals surface area contributed by atoms with E-state index in [0.29, 0.717) is 18.7 Å². The topological polar surface area (TPSA) is 32.8 Å². The molecule has 0 aromatic heterocycles. The lowest BCUT2D eigenvalue weighted by atomic mass is 10.0. The van der Waals surface area contributed by atoms with Gasteiger partial charge in [0.2, 0.25) is 0 Å². The highest BCUT2D eigenvalue weighted by atomic mass is 19.4. The third kappa shape index (κ3) is 2.11. The Morgan fingerprint density at radius 1 is 1.38 bits per heavy atom. The Morgan fingerprint density at radius 2 is 2.00 bits per heavy atom. The summed E-state index contributed by atoms with van der Waals surface area (Å²) in [5.74, 6) is -1.99. The van der Waals surface area contributed by atoms with Crippen LogP contribution in [0.15, 0.2) is 12.1 Å². The molecule has 1 aliphatic heterocycles. The maximum atomic E-state index is 13.0. The van der Waals surface area contributed by atoms with Gasteiger partial charge in [0.05, 0.1) is 18.3 Å². The van der Waals surface area contributed by atoms with Crippen molar-refractivity contribution in [2.75, 3.05) is 6.61 Å². The van der Waals surface area contributed by atoms with E-state index < -0.39 is 28.9 Å². The minimum absolute atomic E-state index is 0.127. The van der Waals surface area contributed by atoms with Crippen molar-refractivity contribution >= 4 is 0 Å². The van der Waals surface area contributed by atoms with E-state index in [1.165, 1.54) is 0 Å². The summed E-state index contributed by atoms with van der Waals surface area (Å²) < 4.78 is 55.4. The molecule has 2 rings (SSSR count). The summed E-state index contributed by atoms with van der Waals surface area (Å²) >= 11 is 0.